The fourth-order valence-corrected chi connectivity index (χ4v) is 3.90. The van der Waals surface area contributed by atoms with Crippen LogP contribution in [-0.2, 0) is 13.7 Å². The fraction of sp³-hybridized carbons (Fsp3) is 0.192. The number of pyridine rings is 1. The molecule has 166 valence electrons. The van der Waals surface area contributed by atoms with Gasteiger partial charge in [0, 0.05) is 18.7 Å². The molecule has 0 aliphatic heterocycles. The highest BCUT2D eigenvalue weighted by Crippen LogP contribution is 2.33. The summed E-state index contributed by atoms with van der Waals surface area (Å²) in [5, 5.41) is 5.59. The van der Waals surface area contributed by atoms with Gasteiger partial charge in [-0.15, -0.1) is 0 Å². The van der Waals surface area contributed by atoms with E-state index in [1.54, 1.807) is 11.8 Å². The Morgan fingerprint density at radius 3 is 2.42 bits per heavy atom. The van der Waals surface area contributed by atoms with E-state index in [2.05, 4.69) is 22.2 Å². The predicted octanol–water partition coefficient (Wildman–Crippen LogP) is 5.49. The molecule has 0 aliphatic rings. The third kappa shape index (κ3) is 3.93. The lowest BCUT2D eigenvalue weighted by Crippen LogP contribution is -2.01. The molecule has 0 atom stereocenters. The molecular weight excluding hydrogens is 416 g/mol. The molecule has 0 fully saturated rings. The summed E-state index contributed by atoms with van der Waals surface area (Å²) < 4.78 is 19.0. The Kier molecular flexibility index (Phi) is 5.30. The second-order valence-corrected chi connectivity index (χ2v) is 7.82. The van der Waals surface area contributed by atoms with E-state index in [0.29, 0.717) is 17.5 Å². The molecule has 0 saturated heterocycles. The number of aromatic nitrogens is 4. The summed E-state index contributed by atoms with van der Waals surface area (Å²) in [5.74, 6) is 2.55. The van der Waals surface area contributed by atoms with Crippen molar-refractivity contribution in [3.8, 4) is 34.2 Å². The minimum atomic E-state index is 0.245. The summed E-state index contributed by atoms with van der Waals surface area (Å²) >= 11 is 0. The summed E-state index contributed by atoms with van der Waals surface area (Å²) in [6, 6.07) is 19.8. The van der Waals surface area contributed by atoms with E-state index in [-0.39, 0.29) is 6.61 Å². The molecule has 2 aromatic carbocycles. The third-order valence-electron chi connectivity index (χ3n) is 5.62. The van der Waals surface area contributed by atoms with E-state index in [9.17, 15) is 0 Å². The monoisotopic (exact) mass is 440 g/mol. The van der Waals surface area contributed by atoms with Gasteiger partial charge in [0.1, 0.15) is 23.8 Å². The van der Waals surface area contributed by atoms with Gasteiger partial charge < -0.3 is 13.9 Å². The molecule has 0 bridgehead atoms. The van der Waals surface area contributed by atoms with Crippen molar-refractivity contribution in [1.29, 1.82) is 0 Å². The van der Waals surface area contributed by atoms with Gasteiger partial charge in [-0.25, -0.2) is 4.98 Å². The second kappa shape index (κ2) is 8.43. The second-order valence-electron chi connectivity index (χ2n) is 7.82. The highest BCUT2D eigenvalue weighted by Gasteiger charge is 2.17. The number of benzene rings is 2. The summed E-state index contributed by atoms with van der Waals surface area (Å²) in [6.07, 6.45) is 0. The topological polar surface area (TPSA) is 75.2 Å². The van der Waals surface area contributed by atoms with Gasteiger partial charge in [-0.1, -0.05) is 30.3 Å². The lowest BCUT2D eigenvalue weighted by molar-refractivity contribution is 0.288. The van der Waals surface area contributed by atoms with Gasteiger partial charge in [0.25, 0.3) is 0 Å². The zero-order valence-electron chi connectivity index (χ0n) is 19.0. The van der Waals surface area contributed by atoms with Crippen molar-refractivity contribution in [1.82, 2.24) is 19.7 Å². The van der Waals surface area contributed by atoms with Crippen LogP contribution in [0.25, 0.3) is 33.6 Å². The normalized spacial score (nSPS) is 11.2. The zero-order valence-corrected chi connectivity index (χ0v) is 19.0. The number of oxazole rings is 1. The van der Waals surface area contributed by atoms with Gasteiger partial charge in [-0.3, -0.25) is 4.68 Å². The van der Waals surface area contributed by atoms with Crippen molar-refractivity contribution in [3.05, 3.63) is 77.8 Å². The van der Waals surface area contributed by atoms with Crippen LogP contribution in [0.1, 0.15) is 17.1 Å². The maximum Gasteiger partial charge on any atom is 0.226 e. The molecule has 5 rings (SSSR count). The lowest BCUT2D eigenvalue weighted by atomic mass is 10.0. The smallest absolute Gasteiger partial charge is 0.226 e. The van der Waals surface area contributed by atoms with Gasteiger partial charge in [0.15, 0.2) is 5.65 Å². The number of aryl methyl sites for hydroxylation is 3. The van der Waals surface area contributed by atoms with Crippen LogP contribution in [0, 0.1) is 13.8 Å². The Balaban J connectivity index is 1.45. The highest BCUT2D eigenvalue weighted by molar-refractivity contribution is 5.95. The average molecular weight is 441 g/mol. The molecule has 5 aromatic rings. The number of hydrogen-bond acceptors (Lipinski definition) is 6. The van der Waals surface area contributed by atoms with Crippen molar-refractivity contribution < 1.29 is 13.9 Å². The van der Waals surface area contributed by atoms with Crippen molar-refractivity contribution in [2.45, 2.75) is 20.5 Å². The first-order valence-electron chi connectivity index (χ1n) is 10.7. The molecule has 0 aliphatic carbocycles. The molecule has 0 radical (unpaired) electrons. The number of rotatable bonds is 6. The van der Waals surface area contributed by atoms with Crippen LogP contribution in [0.3, 0.4) is 0 Å². The van der Waals surface area contributed by atoms with Gasteiger partial charge >= 0.3 is 0 Å². The summed E-state index contributed by atoms with van der Waals surface area (Å²) in [5.41, 5.74) is 5.44. The summed E-state index contributed by atoms with van der Waals surface area (Å²) in [7, 11) is 3.53. The SMILES string of the molecule is COc1ccc(-c2nc(COc3cc(-c4ccccc4)c4c(C)nn(C)c4n3)c(C)o2)cc1. The van der Waals surface area contributed by atoms with Crippen molar-refractivity contribution in [2.75, 3.05) is 7.11 Å². The third-order valence-corrected chi connectivity index (χ3v) is 5.62. The minimum absolute atomic E-state index is 0.245. The van der Waals surface area contributed by atoms with E-state index >= 15 is 0 Å². The van der Waals surface area contributed by atoms with Crippen LogP contribution in [-0.4, -0.2) is 26.9 Å². The Labute approximate surface area is 191 Å². The fourth-order valence-electron chi connectivity index (χ4n) is 3.90. The Morgan fingerprint density at radius 1 is 0.939 bits per heavy atom. The standard InChI is InChI=1S/C26H24N4O3/c1-16-24-21(18-8-6-5-7-9-18)14-23(28-25(24)30(3)29-16)32-15-22-17(2)33-26(27-22)19-10-12-20(31-4)13-11-19/h5-14H,15H2,1-4H3. The van der Waals surface area contributed by atoms with E-state index in [1.165, 1.54) is 0 Å². The molecule has 7 heteroatoms. The van der Waals surface area contributed by atoms with Crippen LogP contribution in [0.2, 0.25) is 0 Å². The quantitative estimate of drug-likeness (QED) is 0.347. The molecule has 3 aromatic heterocycles. The van der Waals surface area contributed by atoms with E-state index in [4.69, 9.17) is 18.9 Å². The van der Waals surface area contributed by atoms with Crippen molar-refractivity contribution >= 4 is 11.0 Å². The molecule has 7 nitrogen and oxygen atoms in total. The van der Waals surface area contributed by atoms with Gasteiger partial charge in [-0.2, -0.15) is 10.1 Å². The average Bonchev–Trinajstić information content (AvgIpc) is 3.36. The zero-order chi connectivity index (χ0) is 22.9. The van der Waals surface area contributed by atoms with Gasteiger partial charge in [-0.05, 0) is 49.2 Å². The maximum absolute atomic E-state index is 6.10. The molecule has 0 N–H and O–H groups in total. The summed E-state index contributed by atoms with van der Waals surface area (Å²) in [6.45, 7) is 4.13. The molecular formula is C26H24N4O3. The number of ether oxygens (including phenoxy) is 2. The minimum Gasteiger partial charge on any atom is -0.497 e. The van der Waals surface area contributed by atoms with Crippen LogP contribution in [0.15, 0.2) is 65.1 Å². The predicted molar refractivity (Wildman–Crippen MR) is 126 cm³/mol. The largest absolute Gasteiger partial charge is 0.497 e. The van der Waals surface area contributed by atoms with Crippen LogP contribution >= 0.6 is 0 Å². The molecule has 0 amide bonds. The summed E-state index contributed by atoms with van der Waals surface area (Å²) in [4.78, 5) is 9.35. The van der Waals surface area contributed by atoms with Crippen molar-refractivity contribution in [2.24, 2.45) is 7.05 Å². The Morgan fingerprint density at radius 2 is 1.70 bits per heavy atom. The Bertz CT molecular complexity index is 1420. The first-order valence-corrected chi connectivity index (χ1v) is 10.7. The number of fused-ring (bicyclic) bond motifs is 1. The number of nitrogens with zero attached hydrogens (tertiary/aromatic N) is 4. The molecule has 33 heavy (non-hydrogen) atoms. The lowest BCUT2D eigenvalue weighted by Gasteiger charge is -2.09. The first kappa shape index (κ1) is 20.8. The first-order chi connectivity index (χ1) is 16.0. The molecule has 0 saturated carbocycles. The van der Waals surface area contributed by atoms with Crippen molar-refractivity contribution in [3.63, 3.8) is 0 Å². The highest BCUT2D eigenvalue weighted by atomic mass is 16.5. The number of hydrogen-bond donors (Lipinski definition) is 0. The van der Waals surface area contributed by atoms with Gasteiger partial charge in [0.2, 0.25) is 11.8 Å². The molecule has 0 unspecified atom stereocenters. The van der Waals surface area contributed by atoms with E-state index in [0.717, 1.165) is 44.9 Å². The Hall–Kier alpha value is -4.13. The number of methoxy groups -OCH3 is 1. The molecule has 3 heterocycles. The van der Waals surface area contributed by atoms with Crippen LogP contribution in [0.4, 0.5) is 0 Å². The van der Waals surface area contributed by atoms with Crippen LogP contribution < -0.4 is 9.47 Å². The maximum atomic E-state index is 6.10. The van der Waals surface area contributed by atoms with E-state index < -0.39 is 0 Å². The molecule has 0 spiro atoms. The van der Waals surface area contributed by atoms with Gasteiger partial charge in [0.05, 0.1) is 18.2 Å². The van der Waals surface area contributed by atoms with E-state index in [1.807, 2.05) is 69.4 Å². The van der Waals surface area contributed by atoms with Crippen LogP contribution in [0.5, 0.6) is 11.6 Å².